The van der Waals surface area contributed by atoms with Crippen molar-refractivity contribution in [2.24, 2.45) is 16.5 Å². The lowest BCUT2D eigenvalue weighted by molar-refractivity contribution is -0.133. The molecule has 6 N–H and O–H groups in total. The van der Waals surface area contributed by atoms with Crippen LogP contribution in [-0.2, 0) is 4.79 Å². The number of amides is 2. The largest absolute Gasteiger partial charge is 0.370 e. The molecular formula is C36H40N6O2. The molecule has 1 saturated heterocycles. The molecule has 1 aliphatic carbocycles. The van der Waals surface area contributed by atoms with Crippen LogP contribution in [0.25, 0.3) is 21.9 Å². The Labute approximate surface area is 258 Å². The summed E-state index contributed by atoms with van der Waals surface area (Å²) in [5.74, 6) is 0.0908. The van der Waals surface area contributed by atoms with Crippen LogP contribution in [0, 0.1) is 0 Å². The van der Waals surface area contributed by atoms with E-state index < -0.39 is 11.6 Å². The summed E-state index contributed by atoms with van der Waals surface area (Å²) in [5, 5.41) is 8.91. The number of rotatable bonds is 9. The topological polar surface area (TPSA) is 126 Å². The summed E-state index contributed by atoms with van der Waals surface area (Å²) in [6.07, 6.45) is 1.93. The van der Waals surface area contributed by atoms with E-state index in [-0.39, 0.29) is 23.7 Å². The lowest BCUT2D eigenvalue weighted by atomic mass is 9.95. The van der Waals surface area contributed by atoms with Gasteiger partial charge in [0.05, 0.1) is 6.04 Å². The number of hydrogen-bond donors (Lipinski definition) is 4. The van der Waals surface area contributed by atoms with E-state index in [0.29, 0.717) is 51.0 Å². The third kappa shape index (κ3) is 6.17. The molecule has 0 aromatic heterocycles. The highest BCUT2D eigenvalue weighted by molar-refractivity contribution is 5.98. The Balaban J connectivity index is 1.21. The van der Waals surface area contributed by atoms with Crippen LogP contribution >= 0.6 is 0 Å². The first-order valence-electron chi connectivity index (χ1n) is 15.4. The molecule has 0 spiro atoms. The smallest absolute Gasteiger partial charge is 0.251 e. The minimum atomic E-state index is -0.497. The third-order valence-corrected chi connectivity index (χ3v) is 9.03. The van der Waals surface area contributed by atoms with Gasteiger partial charge in [0, 0.05) is 43.2 Å². The quantitative estimate of drug-likeness (QED) is 0.131. The Morgan fingerprint density at radius 1 is 0.955 bits per heavy atom. The summed E-state index contributed by atoms with van der Waals surface area (Å²) in [4.78, 5) is 33.5. The summed E-state index contributed by atoms with van der Waals surface area (Å²) >= 11 is 0. The van der Waals surface area contributed by atoms with Crippen molar-refractivity contribution in [1.82, 2.24) is 15.5 Å². The van der Waals surface area contributed by atoms with Crippen LogP contribution < -0.4 is 22.1 Å². The molecule has 44 heavy (non-hydrogen) atoms. The maximum atomic E-state index is 14.1. The van der Waals surface area contributed by atoms with Crippen molar-refractivity contribution >= 4 is 28.5 Å². The van der Waals surface area contributed by atoms with Gasteiger partial charge >= 0.3 is 0 Å². The van der Waals surface area contributed by atoms with Crippen molar-refractivity contribution < 1.29 is 9.59 Å². The van der Waals surface area contributed by atoms with Gasteiger partial charge in [-0.2, -0.15) is 0 Å². The van der Waals surface area contributed by atoms with E-state index in [2.05, 4.69) is 71.1 Å². The zero-order chi connectivity index (χ0) is 30.7. The molecular weight excluding hydrogens is 548 g/mol. The van der Waals surface area contributed by atoms with Gasteiger partial charge < -0.3 is 21.7 Å². The van der Waals surface area contributed by atoms with Gasteiger partial charge in [0.1, 0.15) is 0 Å². The lowest BCUT2D eigenvalue weighted by Crippen LogP contribution is -2.56. The number of benzene rings is 4. The zero-order valence-corrected chi connectivity index (χ0v) is 25.1. The van der Waals surface area contributed by atoms with Gasteiger partial charge in [-0.05, 0) is 71.3 Å². The molecule has 0 bridgehead atoms. The highest BCUT2D eigenvalue weighted by Crippen LogP contribution is 2.45. The predicted octanol–water partition coefficient (Wildman–Crippen LogP) is 4.38. The summed E-state index contributed by atoms with van der Waals surface area (Å²) in [6.45, 7) is 4.11. The van der Waals surface area contributed by atoms with Crippen LogP contribution in [0.4, 0.5) is 0 Å². The molecule has 1 fully saturated rings. The van der Waals surface area contributed by atoms with Crippen molar-refractivity contribution in [3.05, 3.63) is 108 Å². The van der Waals surface area contributed by atoms with Gasteiger partial charge in [-0.1, -0.05) is 78.9 Å². The molecule has 8 nitrogen and oxygen atoms in total. The Kier molecular flexibility index (Phi) is 8.35. The molecule has 8 heteroatoms. The average Bonchev–Trinajstić information content (AvgIpc) is 3.29. The second-order valence-corrected chi connectivity index (χ2v) is 12.2. The Morgan fingerprint density at radius 2 is 1.61 bits per heavy atom. The molecule has 1 aliphatic heterocycles. The second kappa shape index (κ2) is 12.5. The van der Waals surface area contributed by atoms with Crippen LogP contribution in [0.1, 0.15) is 53.6 Å². The van der Waals surface area contributed by atoms with E-state index in [4.69, 9.17) is 11.5 Å². The summed E-state index contributed by atoms with van der Waals surface area (Å²) in [7, 11) is 0. The van der Waals surface area contributed by atoms with Crippen LogP contribution in [0.2, 0.25) is 0 Å². The Hall–Kier alpha value is -4.69. The van der Waals surface area contributed by atoms with Crippen LogP contribution in [0.3, 0.4) is 0 Å². The Bertz CT molecular complexity index is 1670. The monoisotopic (exact) mass is 588 g/mol. The number of carbonyl (C=O) groups excluding carboxylic acids is 2. The van der Waals surface area contributed by atoms with Crippen LogP contribution in [-0.4, -0.2) is 60.4 Å². The number of guanidine groups is 1. The highest BCUT2D eigenvalue weighted by Gasteiger charge is 2.39. The fourth-order valence-corrected chi connectivity index (χ4v) is 6.67. The fraction of sp³-hybridized carbons (Fsp3) is 0.306. The molecule has 2 amide bonds. The minimum Gasteiger partial charge on any atom is -0.370 e. The third-order valence-electron chi connectivity index (χ3n) is 9.03. The number of nitrogens with two attached hydrogens (primary N) is 2. The molecule has 2 aliphatic rings. The van der Waals surface area contributed by atoms with E-state index in [9.17, 15) is 9.59 Å². The maximum absolute atomic E-state index is 14.1. The Morgan fingerprint density at radius 3 is 2.32 bits per heavy atom. The number of hydrogen-bond acceptors (Lipinski definition) is 4. The lowest BCUT2D eigenvalue weighted by Gasteiger charge is -2.32. The normalized spacial score (nSPS) is 19.7. The molecule has 6 rings (SSSR count). The van der Waals surface area contributed by atoms with E-state index >= 15 is 0 Å². The number of nitrogens with zero attached hydrogens (tertiary/aromatic N) is 2. The maximum Gasteiger partial charge on any atom is 0.251 e. The highest BCUT2D eigenvalue weighted by atomic mass is 16.2. The zero-order valence-electron chi connectivity index (χ0n) is 25.1. The molecule has 1 unspecified atom stereocenters. The molecule has 0 saturated carbocycles. The summed E-state index contributed by atoms with van der Waals surface area (Å²) in [5.41, 5.74) is 16.2. The number of nitrogens with one attached hydrogen (secondary N) is 2. The van der Waals surface area contributed by atoms with E-state index in [1.165, 1.54) is 22.3 Å². The van der Waals surface area contributed by atoms with Crippen LogP contribution in [0.5, 0.6) is 0 Å². The predicted molar refractivity (Wildman–Crippen MR) is 176 cm³/mol. The molecule has 2 atom stereocenters. The van der Waals surface area contributed by atoms with E-state index in [0.717, 1.165) is 10.8 Å². The molecule has 4 aromatic carbocycles. The fourth-order valence-electron chi connectivity index (χ4n) is 6.67. The molecule has 226 valence electrons. The van der Waals surface area contributed by atoms with Gasteiger partial charge in [0.25, 0.3) is 5.91 Å². The van der Waals surface area contributed by atoms with E-state index in [1.54, 1.807) is 0 Å². The van der Waals surface area contributed by atoms with Crippen molar-refractivity contribution in [1.29, 1.82) is 0 Å². The number of aliphatic imine (C=N–C) groups is 1. The van der Waals surface area contributed by atoms with Crippen molar-refractivity contribution in [2.45, 2.75) is 43.7 Å². The van der Waals surface area contributed by atoms with Gasteiger partial charge in [0.2, 0.25) is 5.91 Å². The molecule has 0 radical (unpaired) electrons. The van der Waals surface area contributed by atoms with Gasteiger partial charge in [-0.3, -0.25) is 19.9 Å². The molecule has 1 heterocycles. The van der Waals surface area contributed by atoms with Crippen LogP contribution in [0.15, 0.2) is 96.0 Å². The first-order valence-corrected chi connectivity index (χ1v) is 15.4. The minimum absolute atomic E-state index is 0.0478. The van der Waals surface area contributed by atoms with Gasteiger partial charge in [-0.15, -0.1) is 0 Å². The SMILES string of the molecule is CC1(CNC(=O)c2ccc3ccccc3c2)CCN(CC2c3ccccc3-c3ccccc32)C(=O)[C@H](CCCN=C(N)N)N1. The first kappa shape index (κ1) is 29.4. The molecule has 4 aromatic rings. The van der Waals surface area contributed by atoms with Gasteiger partial charge in [0.15, 0.2) is 5.96 Å². The summed E-state index contributed by atoms with van der Waals surface area (Å²) in [6, 6.07) is 30.3. The van der Waals surface area contributed by atoms with Crippen molar-refractivity contribution in [2.75, 3.05) is 26.2 Å². The average molecular weight is 589 g/mol. The standard InChI is InChI=1S/C36H40N6O2/c1-36(23-40-33(43)26-17-16-24-9-2-3-10-25(24)21-26)18-20-42(34(44)32(41-36)15-8-19-39-35(37)38)22-31-29-13-6-4-11-27(29)28-12-5-7-14-30(28)31/h2-7,9-14,16-17,21,31-32,41H,8,15,18-20,22-23H2,1H3,(H,40,43)(H4,37,38,39)/t32-,36?/m0/s1. The second-order valence-electron chi connectivity index (χ2n) is 12.2. The van der Waals surface area contributed by atoms with Crippen molar-refractivity contribution in [3.63, 3.8) is 0 Å². The van der Waals surface area contributed by atoms with E-state index in [1.807, 2.05) is 47.4 Å². The summed E-state index contributed by atoms with van der Waals surface area (Å²) < 4.78 is 0. The van der Waals surface area contributed by atoms with Crippen molar-refractivity contribution in [3.8, 4) is 11.1 Å². The van der Waals surface area contributed by atoms with Gasteiger partial charge in [-0.25, -0.2) is 0 Å². The number of fused-ring (bicyclic) bond motifs is 4. The number of carbonyl (C=O) groups is 2. The first-order chi connectivity index (χ1) is 21.3.